The van der Waals surface area contributed by atoms with Crippen molar-refractivity contribution in [3.63, 3.8) is 0 Å². The van der Waals surface area contributed by atoms with Crippen LogP contribution in [0.15, 0.2) is 0 Å². The molecule has 0 aromatic carbocycles. The van der Waals surface area contributed by atoms with Gasteiger partial charge >= 0.3 is 0 Å². The molecule has 16 heavy (non-hydrogen) atoms. The molecule has 0 unspecified atom stereocenters. The molecule has 0 spiro atoms. The molecule has 0 aromatic heterocycles. The summed E-state index contributed by atoms with van der Waals surface area (Å²) in [5.41, 5.74) is 0. The molecule has 4 N–H and O–H groups in total. The summed E-state index contributed by atoms with van der Waals surface area (Å²) in [5, 5.41) is -0.470. The van der Waals surface area contributed by atoms with Crippen LogP contribution >= 0.6 is 50.1 Å². The van der Waals surface area contributed by atoms with Crippen molar-refractivity contribution in [3.05, 3.63) is 0 Å². The third-order valence-electron chi connectivity index (χ3n) is 1.82. The molecule has 10 heteroatoms. The SMILES string of the molecule is Cl.Cl.O.O.O=C(S)N1CCN(C(=O)S)CC1. The van der Waals surface area contributed by atoms with E-state index < -0.39 is 0 Å². The van der Waals surface area contributed by atoms with Crippen molar-refractivity contribution < 1.29 is 20.5 Å². The van der Waals surface area contributed by atoms with Crippen molar-refractivity contribution in [1.29, 1.82) is 0 Å². The van der Waals surface area contributed by atoms with Gasteiger partial charge in [0.2, 0.25) is 0 Å². The van der Waals surface area contributed by atoms with Crippen LogP contribution in [0.25, 0.3) is 0 Å². The zero-order valence-electron chi connectivity index (χ0n) is 8.25. The van der Waals surface area contributed by atoms with Crippen molar-refractivity contribution in [1.82, 2.24) is 9.80 Å². The van der Waals surface area contributed by atoms with Gasteiger partial charge in [-0.3, -0.25) is 9.59 Å². The first kappa shape index (κ1) is 25.1. The van der Waals surface area contributed by atoms with Crippen LogP contribution in [0.3, 0.4) is 0 Å². The molecule has 1 aliphatic rings. The molecule has 1 heterocycles. The van der Waals surface area contributed by atoms with Gasteiger partial charge in [-0.25, -0.2) is 0 Å². The van der Waals surface area contributed by atoms with Crippen molar-refractivity contribution in [2.24, 2.45) is 0 Å². The number of thiol groups is 2. The van der Waals surface area contributed by atoms with Gasteiger partial charge in [0, 0.05) is 26.2 Å². The fourth-order valence-corrected chi connectivity index (χ4v) is 1.49. The van der Waals surface area contributed by atoms with Crippen LogP contribution in [0.5, 0.6) is 0 Å². The van der Waals surface area contributed by atoms with E-state index in [2.05, 4.69) is 25.3 Å². The Morgan fingerprint density at radius 1 is 0.750 bits per heavy atom. The van der Waals surface area contributed by atoms with Crippen LogP contribution in [-0.4, -0.2) is 57.4 Å². The lowest BCUT2D eigenvalue weighted by Gasteiger charge is -2.32. The number of carbonyl (C=O) groups excluding carboxylic acids is 2. The van der Waals surface area contributed by atoms with Gasteiger partial charge in [0.1, 0.15) is 0 Å². The molecule has 6 nitrogen and oxygen atoms in total. The van der Waals surface area contributed by atoms with Crippen LogP contribution < -0.4 is 0 Å². The second-order valence-electron chi connectivity index (χ2n) is 2.54. The van der Waals surface area contributed by atoms with Crippen LogP contribution in [-0.2, 0) is 0 Å². The maximum absolute atomic E-state index is 10.7. The molecule has 0 saturated carbocycles. The molecule has 0 aromatic rings. The van der Waals surface area contributed by atoms with E-state index in [-0.39, 0.29) is 46.2 Å². The number of hydrogen-bond acceptors (Lipinski definition) is 2. The molecule has 0 aliphatic carbocycles. The van der Waals surface area contributed by atoms with Crippen molar-refractivity contribution >= 4 is 60.6 Å². The number of hydrogen-bond donors (Lipinski definition) is 2. The van der Waals surface area contributed by atoms with E-state index in [1.165, 1.54) is 0 Å². The van der Waals surface area contributed by atoms with Gasteiger partial charge in [0.15, 0.2) is 0 Å². The lowest BCUT2D eigenvalue weighted by Crippen LogP contribution is -2.47. The Morgan fingerprint density at radius 2 is 0.938 bits per heavy atom. The molecule has 100 valence electrons. The van der Waals surface area contributed by atoms with Crippen LogP contribution in [0.1, 0.15) is 0 Å². The second-order valence-corrected chi connectivity index (χ2v) is 3.30. The highest BCUT2D eigenvalue weighted by molar-refractivity contribution is 7.96. The van der Waals surface area contributed by atoms with Gasteiger partial charge in [-0.05, 0) is 0 Å². The summed E-state index contributed by atoms with van der Waals surface area (Å²) in [6, 6.07) is 0. The highest BCUT2D eigenvalue weighted by Crippen LogP contribution is 2.06. The number of nitrogens with zero attached hydrogens (tertiary/aromatic N) is 2. The van der Waals surface area contributed by atoms with Gasteiger partial charge in [0.05, 0.1) is 0 Å². The van der Waals surface area contributed by atoms with Crippen LogP contribution in [0, 0.1) is 0 Å². The number of amides is 2. The smallest absolute Gasteiger partial charge is 0.278 e. The molecule has 0 bridgehead atoms. The molecule has 1 aliphatic heterocycles. The highest BCUT2D eigenvalue weighted by Gasteiger charge is 2.20. The topological polar surface area (TPSA) is 104 Å². The average molecular weight is 315 g/mol. The van der Waals surface area contributed by atoms with E-state index in [9.17, 15) is 9.59 Å². The van der Waals surface area contributed by atoms with Gasteiger partial charge in [-0.15, -0.1) is 24.8 Å². The van der Waals surface area contributed by atoms with Gasteiger partial charge in [-0.2, -0.15) is 0 Å². The molecule has 1 saturated heterocycles. The summed E-state index contributed by atoms with van der Waals surface area (Å²) in [6.07, 6.45) is 0. The Hall–Kier alpha value is 0.140. The number of rotatable bonds is 0. The first-order valence-electron chi connectivity index (χ1n) is 3.57. The quantitative estimate of drug-likeness (QED) is 0.609. The summed E-state index contributed by atoms with van der Waals surface area (Å²) in [6.45, 7) is 2.20. The summed E-state index contributed by atoms with van der Waals surface area (Å²) in [5.74, 6) is 0. The minimum absolute atomic E-state index is 0. The van der Waals surface area contributed by atoms with Crippen molar-refractivity contribution in [2.75, 3.05) is 26.2 Å². The zero-order chi connectivity index (χ0) is 9.14. The number of carbonyl (C=O) groups is 2. The molecule has 0 atom stereocenters. The highest BCUT2D eigenvalue weighted by atomic mass is 35.5. The monoisotopic (exact) mass is 314 g/mol. The lowest BCUT2D eigenvalue weighted by molar-refractivity contribution is 0.168. The Kier molecular flexibility index (Phi) is 18.2. The Balaban J connectivity index is -0.000000180. The van der Waals surface area contributed by atoms with E-state index >= 15 is 0 Å². The normalized spacial score (nSPS) is 13.4. The maximum atomic E-state index is 10.7. The number of halogens is 2. The average Bonchev–Trinajstić information content (AvgIpc) is 2.04. The third-order valence-corrected chi connectivity index (χ3v) is 2.39. The standard InChI is InChI=1S/C6H10N2O2S2.2ClH.2H2O/c9-5(11)7-1-2-8(4-3-7)6(10)12;;;;/h1-4H2,(H,9,11)(H,10,12);2*1H;2*1H2. The summed E-state index contributed by atoms with van der Waals surface area (Å²) in [4.78, 5) is 24.7. The molecular weight excluding hydrogens is 299 g/mol. The maximum Gasteiger partial charge on any atom is 0.278 e. The minimum atomic E-state index is -0.235. The minimum Gasteiger partial charge on any atom is -0.412 e. The molecular formula is C6H16Cl2N2O4S2. The Labute approximate surface area is 117 Å². The van der Waals surface area contributed by atoms with Gasteiger partial charge in [-0.1, -0.05) is 25.3 Å². The fourth-order valence-electron chi connectivity index (χ4n) is 1.09. The lowest BCUT2D eigenvalue weighted by atomic mass is 10.3. The largest absolute Gasteiger partial charge is 0.412 e. The summed E-state index contributed by atoms with van der Waals surface area (Å²) >= 11 is 7.37. The van der Waals surface area contributed by atoms with E-state index in [1.54, 1.807) is 9.80 Å². The van der Waals surface area contributed by atoms with Crippen LogP contribution in [0.4, 0.5) is 9.59 Å². The van der Waals surface area contributed by atoms with Crippen LogP contribution in [0.2, 0.25) is 0 Å². The fraction of sp³-hybridized carbons (Fsp3) is 0.667. The molecule has 1 fully saturated rings. The van der Waals surface area contributed by atoms with E-state index in [0.717, 1.165) is 0 Å². The Bertz CT molecular complexity index is 193. The first-order valence-corrected chi connectivity index (χ1v) is 4.46. The Morgan fingerprint density at radius 3 is 1.06 bits per heavy atom. The van der Waals surface area contributed by atoms with Gasteiger partial charge in [0.25, 0.3) is 10.5 Å². The van der Waals surface area contributed by atoms with E-state index in [1.807, 2.05) is 0 Å². The van der Waals surface area contributed by atoms with E-state index in [0.29, 0.717) is 26.2 Å². The predicted octanol–water partition coefficient (Wildman–Crippen LogP) is -0.102. The second kappa shape index (κ2) is 11.6. The molecule has 0 radical (unpaired) electrons. The van der Waals surface area contributed by atoms with Crippen molar-refractivity contribution in [2.45, 2.75) is 0 Å². The zero-order valence-corrected chi connectivity index (χ0v) is 11.7. The van der Waals surface area contributed by atoms with Gasteiger partial charge < -0.3 is 20.8 Å². The van der Waals surface area contributed by atoms with Crippen molar-refractivity contribution in [3.8, 4) is 0 Å². The molecule has 1 rings (SSSR count). The number of piperazine rings is 1. The molecule has 2 amide bonds. The summed E-state index contributed by atoms with van der Waals surface area (Å²) in [7, 11) is 0. The third kappa shape index (κ3) is 7.42. The van der Waals surface area contributed by atoms with E-state index in [4.69, 9.17) is 0 Å². The predicted molar refractivity (Wildman–Crippen MR) is 73.6 cm³/mol. The first-order chi connectivity index (χ1) is 5.61. The summed E-state index contributed by atoms with van der Waals surface area (Å²) < 4.78 is 0.